The summed E-state index contributed by atoms with van der Waals surface area (Å²) in [5.74, 6) is -1.21. The van der Waals surface area contributed by atoms with Gasteiger partial charge in [-0.1, -0.05) is 13.8 Å². The lowest BCUT2D eigenvalue weighted by Gasteiger charge is -2.20. The van der Waals surface area contributed by atoms with Crippen LogP contribution in [0.2, 0.25) is 0 Å². The van der Waals surface area contributed by atoms with Gasteiger partial charge in [0.25, 0.3) is 0 Å². The normalized spacial score (nSPS) is 13.9. The highest BCUT2D eigenvalue weighted by atomic mass is 32.1. The predicted octanol–water partition coefficient (Wildman–Crippen LogP) is 2.23. The average molecular weight is 299 g/mol. The van der Waals surface area contributed by atoms with Crippen LogP contribution in [0.1, 0.15) is 42.4 Å². The number of aromatic nitrogens is 1. The van der Waals surface area contributed by atoms with Gasteiger partial charge < -0.3 is 15.7 Å². The smallest absolute Gasteiger partial charge is 0.326 e. The lowest BCUT2D eigenvalue weighted by Crippen LogP contribution is -2.49. The van der Waals surface area contributed by atoms with Crippen LogP contribution in [0.25, 0.3) is 0 Å². The van der Waals surface area contributed by atoms with Gasteiger partial charge in [0, 0.05) is 4.88 Å². The lowest BCUT2D eigenvalue weighted by atomic mass is 10.1. The maximum Gasteiger partial charge on any atom is 0.326 e. The predicted molar refractivity (Wildman–Crippen MR) is 77.9 cm³/mol. The second-order valence-corrected chi connectivity index (χ2v) is 6.32. The Balaban J connectivity index is 2.66. The molecule has 7 heteroatoms. The molecular weight excluding hydrogens is 278 g/mol. The van der Waals surface area contributed by atoms with E-state index in [2.05, 4.69) is 15.6 Å². The molecule has 0 radical (unpaired) electrons. The van der Waals surface area contributed by atoms with Gasteiger partial charge in [0.15, 0.2) is 0 Å². The van der Waals surface area contributed by atoms with E-state index in [1.807, 2.05) is 20.8 Å². The molecule has 6 nitrogen and oxygen atoms in total. The fourth-order valence-electron chi connectivity index (χ4n) is 1.91. The number of rotatable bonds is 5. The zero-order valence-corrected chi connectivity index (χ0v) is 13.2. The van der Waals surface area contributed by atoms with Crippen molar-refractivity contribution >= 4 is 23.3 Å². The first-order chi connectivity index (χ1) is 9.22. The van der Waals surface area contributed by atoms with Gasteiger partial charge in [0.2, 0.25) is 0 Å². The van der Waals surface area contributed by atoms with Gasteiger partial charge in [-0.15, -0.1) is 11.3 Å². The molecule has 0 saturated heterocycles. The van der Waals surface area contributed by atoms with Crippen molar-refractivity contribution in [3.05, 3.63) is 15.6 Å². The van der Waals surface area contributed by atoms with Crippen LogP contribution in [0.15, 0.2) is 0 Å². The summed E-state index contributed by atoms with van der Waals surface area (Å²) in [5.41, 5.74) is 0.888. The summed E-state index contributed by atoms with van der Waals surface area (Å²) in [7, 11) is 0. The molecule has 0 aliphatic heterocycles. The number of aliphatic carboxylic acids is 1. The van der Waals surface area contributed by atoms with Crippen LogP contribution in [-0.4, -0.2) is 28.1 Å². The summed E-state index contributed by atoms with van der Waals surface area (Å²) in [6.07, 6.45) is 0. The number of nitrogens with zero attached hydrogens (tertiary/aromatic N) is 1. The fourth-order valence-corrected chi connectivity index (χ4v) is 2.84. The highest BCUT2D eigenvalue weighted by Crippen LogP contribution is 2.24. The SMILES string of the molecule is Cc1nc(C)c(C(C)NC(=O)N[C@@H](C(=O)O)C(C)C)s1. The maximum absolute atomic E-state index is 11.9. The number of carboxylic acids is 1. The molecule has 1 aromatic rings. The minimum Gasteiger partial charge on any atom is -0.480 e. The van der Waals surface area contributed by atoms with E-state index in [0.29, 0.717) is 0 Å². The number of carboxylic acid groups (broad SMARTS) is 1. The van der Waals surface area contributed by atoms with Gasteiger partial charge in [-0.3, -0.25) is 0 Å². The Kier molecular flexibility index (Phi) is 5.50. The van der Waals surface area contributed by atoms with E-state index in [1.165, 1.54) is 11.3 Å². The van der Waals surface area contributed by atoms with Crippen LogP contribution in [0.5, 0.6) is 0 Å². The molecule has 0 aromatic carbocycles. The largest absolute Gasteiger partial charge is 0.480 e. The molecule has 0 spiro atoms. The third-order valence-electron chi connectivity index (χ3n) is 2.90. The molecule has 0 bridgehead atoms. The minimum absolute atomic E-state index is 0.180. The molecule has 0 saturated carbocycles. The van der Waals surface area contributed by atoms with Gasteiger partial charge in [-0.25, -0.2) is 14.6 Å². The van der Waals surface area contributed by atoms with Crippen molar-refractivity contribution in [2.75, 3.05) is 0 Å². The number of nitrogens with one attached hydrogen (secondary N) is 2. The van der Waals surface area contributed by atoms with Crippen molar-refractivity contribution in [3.8, 4) is 0 Å². The van der Waals surface area contributed by atoms with Crippen molar-refractivity contribution in [1.82, 2.24) is 15.6 Å². The number of hydrogen-bond acceptors (Lipinski definition) is 4. The standard InChI is InChI=1S/C13H21N3O3S/c1-6(2)10(12(17)18)16-13(19)15-8(4)11-7(3)14-9(5)20-11/h6,8,10H,1-5H3,(H,17,18)(H2,15,16,19)/t8?,10-/m1/s1. The van der Waals surface area contributed by atoms with Crippen molar-refractivity contribution in [1.29, 1.82) is 0 Å². The van der Waals surface area contributed by atoms with Crippen molar-refractivity contribution in [3.63, 3.8) is 0 Å². The average Bonchev–Trinajstić information content (AvgIpc) is 2.64. The topological polar surface area (TPSA) is 91.3 Å². The Morgan fingerprint density at radius 1 is 1.20 bits per heavy atom. The molecule has 0 fully saturated rings. The van der Waals surface area contributed by atoms with Crippen LogP contribution in [0, 0.1) is 19.8 Å². The number of amides is 2. The summed E-state index contributed by atoms with van der Waals surface area (Å²) in [5, 5.41) is 15.2. The summed E-state index contributed by atoms with van der Waals surface area (Å²) in [4.78, 5) is 28.2. The molecule has 2 amide bonds. The molecule has 112 valence electrons. The Hall–Kier alpha value is -1.63. The quantitative estimate of drug-likeness (QED) is 0.777. The maximum atomic E-state index is 11.9. The molecule has 2 atom stereocenters. The fraction of sp³-hybridized carbons (Fsp3) is 0.615. The Morgan fingerprint density at radius 3 is 2.20 bits per heavy atom. The monoisotopic (exact) mass is 299 g/mol. The molecule has 1 aromatic heterocycles. The van der Waals surface area contributed by atoms with Crippen LogP contribution >= 0.6 is 11.3 Å². The van der Waals surface area contributed by atoms with E-state index >= 15 is 0 Å². The number of carbonyl (C=O) groups is 2. The lowest BCUT2D eigenvalue weighted by molar-refractivity contribution is -0.140. The number of thiazole rings is 1. The number of carbonyl (C=O) groups excluding carboxylic acids is 1. The number of urea groups is 1. The zero-order chi connectivity index (χ0) is 15.4. The van der Waals surface area contributed by atoms with Gasteiger partial charge in [-0.05, 0) is 26.7 Å². The summed E-state index contributed by atoms with van der Waals surface area (Å²) >= 11 is 1.53. The third-order valence-corrected chi connectivity index (χ3v) is 4.16. The van der Waals surface area contributed by atoms with E-state index in [9.17, 15) is 9.59 Å². The number of hydrogen-bond donors (Lipinski definition) is 3. The van der Waals surface area contributed by atoms with Gasteiger partial charge in [-0.2, -0.15) is 0 Å². The second-order valence-electron chi connectivity index (χ2n) is 5.08. The molecular formula is C13H21N3O3S. The molecule has 0 aliphatic carbocycles. The summed E-state index contributed by atoms with van der Waals surface area (Å²) < 4.78 is 0. The van der Waals surface area contributed by atoms with Crippen LogP contribution in [-0.2, 0) is 4.79 Å². The van der Waals surface area contributed by atoms with Crippen LogP contribution in [0.4, 0.5) is 4.79 Å². The zero-order valence-electron chi connectivity index (χ0n) is 12.4. The molecule has 1 rings (SSSR count). The van der Waals surface area contributed by atoms with Crippen molar-refractivity contribution in [2.24, 2.45) is 5.92 Å². The Morgan fingerprint density at radius 2 is 1.80 bits per heavy atom. The minimum atomic E-state index is -1.03. The van der Waals surface area contributed by atoms with Gasteiger partial charge in [0.1, 0.15) is 6.04 Å². The van der Waals surface area contributed by atoms with Gasteiger partial charge >= 0.3 is 12.0 Å². The Bertz CT molecular complexity index is 499. The van der Waals surface area contributed by atoms with Crippen LogP contribution < -0.4 is 10.6 Å². The third kappa shape index (κ3) is 4.19. The highest BCUT2D eigenvalue weighted by molar-refractivity contribution is 7.11. The molecule has 20 heavy (non-hydrogen) atoms. The molecule has 1 unspecified atom stereocenters. The first-order valence-corrected chi connectivity index (χ1v) is 7.27. The summed E-state index contributed by atoms with van der Waals surface area (Å²) in [6.45, 7) is 9.15. The molecule has 3 N–H and O–H groups in total. The second kappa shape index (κ2) is 6.69. The first kappa shape index (κ1) is 16.4. The van der Waals surface area contributed by atoms with Crippen molar-refractivity contribution in [2.45, 2.75) is 46.7 Å². The number of aryl methyl sites for hydroxylation is 2. The van der Waals surface area contributed by atoms with E-state index in [4.69, 9.17) is 5.11 Å². The summed E-state index contributed by atoms with van der Waals surface area (Å²) in [6, 6.07) is -1.58. The van der Waals surface area contributed by atoms with E-state index in [-0.39, 0.29) is 12.0 Å². The van der Waals surface area contributed by atoms with E-state index in [0.717, 1.165) is 15.6 Å². The first-order valence-electron chi connectivity index (χ1n) is 6.46. The Labute approximate surface area is 122 Å². The highest BCUT2D eigenvalue weighted by Gasteiger charge is 2.24. The molecule has 0 aliphatic rings. The van der Waals surface area contributed by atoms with E-state index < -0.39 is 18.0 Å². The van der Waals surface area contributed by atoms with Crippen LogP contribution in [0.3, 0.4) is 0 Å². The van der Waals surface area contributed by atoms with E-state index in [1.54, 1.807) is 13.8 Å². The van der Waals surface area contributed by atoms with Gasteiger partial charge in [0.05, 0.1) is 16.7 Å². The van der Waals surface area contributed by atoms with Crippen molar-refractivity contribution < 1.29 is 14.7 Å². The molecule has 1 heterocycles.